The summed E-state index contributed by atoms with van der Waals surface area (Å²) in [6.07, 6.45) is 0.752. The van der Waals surface area contributed by atoms with Gasteiger partial charge in [0.1, 0.15) is 0 Å². The van der Waals surface area contributed by atoms with Gasteiger partial charge in [0.25, 0.3) is 0 Å². The summed E-state index contributed by atoms with van der Waals surface area (Å²) in [5.41, 5.74) is 1.00. The predicted molar refractivity (Wildman–Crippen MR) is 71.1 cm³/mol. The minimum Gasteiger partial charge on any atom is -0.490 e. The lowest BCUT2D eigenvalue weighted by molar-refractivity contribution is -0.385. The topological polar surface area (TPSA) is 64.4 Å². The Morgan fingerprint density at radius 2 is 2.06 bits per heavy atom. The van der Waals surface area contributed by atoms with E-state index < -0.39 is 4.92 Å². The number of nitrogens with zero attached hydrogens (tertiary/aromatic N) is 1. The highest BCUT2D eigenvalue weighted by molar-refractivity contribution is 5.48. The van der Waals surface area contributed by atoms with Crippen LogP contribution in [-0.2, 0) is 6.42 Å². The third-order valence-electron chi connectivity index (χ3n) is 2.51. The molecule has 5 nitrogen and oxygen atoms in total. The molecular formula is C13H20N2O3. The van der Waals surface area contributed by atoms with Gasteiger partial charge < -0.3 is 10.1 Å². The molecule has 1 N–H and O–H groups in total. The molecule has 0 heterocycles. The third kappa shape index (κ3) is 4.33. The van der Waals surface area contributed by atoms with Crippen LogP contribution in [0.5, 0.6) is 5.75 Å². The van der Waals surface area contributed by atoms with Gasteiger partial charge in [-0.2, -0.15) is 0 Å². The Kier molecular flexibility index (Phi) is 4.67. The molecule has 5 heteroatoms. The maximum atomic E-state index is 10.9. The zero-order chi connectivity index (χ0) is 13.8. The standard InChI is InChI=1S/C13H20N2O3/c1-13(2,3)14-8-7-10-5-6-12(18-4)11(9-10)15(16)17/h5-6,9,14H,7-8H2,1-4H3. The Morgan fingerprint density at radius 3 is 2.56 bits per heavy atom. The van der Waals surface area contributed by atoms with Crippen molar-refractivity contribution in [1.82, 2.24) is 5.32 Å². The molecule has 0 saturated heterocycles. The first kappa shape index (κ1) is 14.4. The fourth-order valence-corrected chi connectivity index (χ4v) is 1.62. The van der Waals surface area contributed by atoms with Crippen molar-refractivity contribution >= 4 is 5.69 Å². The minimum atomic E-state index is -0.417. The molecule has 0 aliphatic heterocycles. The van der Waals surface area contributed by atoms with E-state index in [0.717, 1.165) is 18.5 Å². The smallest absolute Gasteiger partial charge is 0.311 e. The number of rotatable bonds is 5. The van der Waals surface area contributed by atoms with E-state index in [0.29, 0.717) is 5.75 Å². The molecule has 0 bridgehead atoms. The maximum absolute atomic E-state index is 10.9. The molecule has 0 aromatic heterocycles. The van der Waals surface area contributed by atoms with E-state index in [4.69, 9.17) is 4.74 Å². The van der Waals surface area contributed by atoms with Crippen LogP contribution in [0.15, 0.2) is 18.2 Å². The van der Waals surface area contributed by atoms with Crippen molar-refractivity contribution in [3.05, 3.63) is 33.9 Å². The summed E-state index contributed by atoms with van der Waals surface area (Å²) in [6, 6.07) is 5.07. The number of hydrogen-bond acceptors (Lipinski definition) is 4. The van der Waals surface area contributed by atoms with Gasteiger partial charge in [0.15, 0.2) is 5.75 Å². The average Bonchev–Trinajstić information content (AvgIpc) is 2.27. The SMILES string of the molecule is COc1ccc(CCNC(C)(C)C)cc1[N+](=O)[O-]. The highest BCUT2D eigenvalue weighted by Crippen LogP contribution is 2.27. The lowest BCUT2D eigenvalue weighted by Gasteiger charge is -2.20. The maximum Gasteiger partial charge on any atom is 0.311 e. The number of nitro groups is 1. The fraction of sp³-hybridized carbons (Fsp3) is 0.538. The Labute approximate surface area is 107 Å². The molecule has 0 spiro atoms. The fourth-order valence-electron chi connectivity index (χ4n) is 1.62. The van der Waals surface area contributed by atoms with Gasteiger partial charge in [-0.25, -0.2) is 0 Å². The van der Waals surface area contributed by atoms with Crippen LogP contribution in [0, 0.1) is 10.1 Å². The summed E-state index contributed by atoms with van der Waals surface area (Å²) < 4.78 is 4.96. The van der Waals surface area contributed by atoms with Gasteiger partial charge in [0.2, 0.25) is 0 Å². The van der Waals surface area contributed by atoms with Crippen LogP contribution in [-0.4, -0.2) is 24.1 Å². The van der Waals surface area contributed by atoms with Crippen molar-refractivity contribution in [3.63, 3.8) is 0 Å². The van der Waals surface area contributed by atoms with Gasteiger partial charge >= 0.3 is 5.69 Å². The molecule has 0 amide bonds. The molecule has 0 radical (unpaired) electrons. The van der Waals surface area contributed by atoms with Gasteiger partial charge in [0.05, 0.1) is 12.0 Å². The minimum absolute atomic E-state index is 0.0192. The molecule has 100 valence electrons. The summed E-state index contributed by atoms with van der Waals surface area (Å²) in [5.74, 6) is 0.299. The van der Waals surface area contributed by atoms with Gasteiger partial charge in [-0.05, 0) is 45.4 Å². The first-order valence-electron chi connectivity index (χ1n) is 5.90. The van der Waals surface area contributed by atoms with E-state index in [1.165, 1.54) is 7.11 Å². The molecule has 0 atom stereocenters. The number of hydrogen-bond donors (Lipinski definition) is 1. The number of methoxy groups -OCH3 is 1. The quantitative estimate of drug-likeness (QED) is 0.646. The monoisotopic (exact) mass is 252 g/mol. The van der Waals surface area contributed by atoms with Crippen molar-refractivity contribution in [2.24, 2.45) is 0 Å². The Hall–Kier alpha value is -1.62. The van der Waals surface area contributed by atoms with Crippen molar-refractivity contribution in [2.45, 2.75) is 32.7 Å². The van der Waals surface area contributed by atoms with Crippen LogP contribution < -0.4 is 10.1 Å². The zero-order valence-electron chi connectivity index (χ0n) is 11.3. The highest BCUT2D eigenvalue weighted by atomic mass is 16.6. The van der Waals surface area contributed by atoms with Crippen molar-refractivity contribution in [3.8, 4) is 5.75 Å². The van der Waals surface area contributed by atoms with E-state index in [-0.39, 0.29) is 11.2 Å². The third-order valence-corrected chi connectivity index (χ3v) is 2.51. The molecular weight excluding hydrogens is 232 g/mol. The highest BCUT2D eigenvalue weighted by Gasteiger charge is 2.15. The predicted octanol–water partition coefficient (Wildman–Crippen LogP) is 2.53. The molecule has 0 saturated carbocycles. The van der Waals surface area contributed by atoms with E-state index >= 15 is 0 Å². The summed E-state index contributed by atoms with van der Waals surface area (Å²) in [4.78, 5) is 10.5. The molecule has 0 fully saturated rings. The van der Waals surface area contributed by atoms with Crippen molar-refractivity contribution in [1.29, 1.82) is 0 Å². The summed E-state index contributed by atoms with van der Waals surface area (Å²) >= 11 is 0. The zero-order valence-corrected chi connectivity index (χ0v) is 11.3. The molecule has 1 rings (SSSR count). The molecule has 0 unspecified atom stereocenters. The van der Waals surface area contributed by atoms with Crippen LogP contribution in [0.4, 0.5) is 5.69 Å². The number of ether oxygens (including phenoxy) is 1. The molecule has 1 aromatic rings. The van der Waals surface area contributed by atoms with Gasteiger partial charge in [-0.3, -0.25) is 10.1 Å². The van der Waals surface area contributed by atoms with E-state index in [9.17, 15) is 10.1 Å². The van der Waals surface area contributed by atoms with E-state index in [1.54, 1.807) is 12.1 Å². The van der Waals surface area contributed by atoms with Crippen molar-refractivity contribution < 1.29 is 9.66 Å². The lowest BCUT2D eigenvalue weighted by Crippen LogP contribution is -2.37. The molecule has 18 heavy (non-hydrogen) atoms. The average molecular weight is 252 g/mol. The second kappa shape index (κ2) is 5.82. The first-order valence-corrected chi connectivity index (χ1v) is 5.90. The van der Waals surface area contributed by atoms with Crippen molar-refractivity contribution in [2.75, 3.05) is 13.7 Å². The largest absolute Gasteiger partial charge is 0.490 e. The second-order valence-electron chi connectivity index (χ2n) is 5.19. The number of nitrogens with one attached hydrogen (secondary N) is 1. The Morgan fingerprint density at radius 1 is 1.39 bits per heavy atom. The number of nitro benzene ring substituents is 1. The molecule has 0 aliphatic carbocycles. The summed E-state index contributed by atoms with van der Waals surface area (Å²) in [6.45, 7) is 7.05. The van der Waals surface area contributed by atoms with Crippen LogP contribution in [0.1, 0.15) is 26.3 Å². The van der Waals surface area contributed by atoms with Crippen LogP contribution in [0.3, 0.4) is 0 Å². The summed E-state index contributed by atoms with van der Waals surface area (Å²) in [5, 5.41) is 14.2. The number of benzene rings is 1. The van der Waals surface area contributed by atoms with Gasteiger partial charge in [-0.1, -0.05) is 6.07 Å². The van der Waals surface area contributed by atoms with Crippen LogP contribution in [0.25, 0.3) is 0 Å². The van der Waals surface area contributed by atoms with Gasteiger partial charge in [0, 0.05) is 11.6 Å². The van der Waals surface area contributed by atoms with Gasteiger partial charge in [-0.15, -0.1) is 0 Å². The lowest BCUT2D eigenvalue weighted by atomic mass is 10.1. The Balaban J connectivity index is 2.73. The van der Waals surface area contributed by atoms with Crippen LogP contribution >= 0.6 is 0 Å². The Bertz CT molecular complexity index is 425. The molecule has 1 aromatic carbocycles. The second-order valence-corrected chi connectivity index (χ2v) is 5.19. The first-order chi connectivity index (χ1) is 8.33. The summed E-state index contributed by atoms with van der Waals surface area (Å²) in [7, 11) is 1.43. The normalized spacial score (nSPS) is 11.3. The van der Waals surface area contributed by atoms with Crippen LogP contribution in [0.2, 0.25) is 0 Å². The van der Waals surface area contributed by atoms with E-state index in [2.05, 4.69) is 26.1 Å². The molecule has 0 aliphatic rings. The van der Waals surface area contributed by atoms with E-state index in [1.807, 2.05) is 6.07 Å².